The molecule has 0 atom stereocenters. The van der Waals surface area contributed by atoms with E-state index in [1.54, 1.807) is 0 Å². The number of aromatic nitrogens is 4. The smallest absolute Gasteiger partial charge is 0.404 e. The molecular formula is C20H14F6N6O4S2. The molecule has 4 aromatic rings. The summed E-state index contributed by atoms with van der Waals surface area (Å²) in [6.07, 6.45) is -10.1. The van der Waals surface area contributed by atoms with Gasteiger partial charge in [0.1, 0.15) is 0 Å². The maximum Gasteiger partial charge on any atom is 0.433 e. The summed E-state index contributed by atoms with van der Waals surface area (Å²) in [5.41, 5.74) is -3.54. The van der Waals surface area contributed by atoms with E-state index in [0.29, 0.717) is 21.9 Å². The van der Waals surface area contributed by atoms with Crippen molar-refractivity contribution in [3.05, 3.63) is 53.0 Å². The van der Waals surface area contributed by atoms with Crippen LogP contribution >= 0.6 is 11.3 Å². The molecule has 3 N–H and O–H groups in total. The van der Waals surface area contributed by atoms with Gasteiger partial charge in [0.2, 0.25) is 10.0 Å². The molecule has 4 rings (SSSR count). The van der Waals surface area contributed by atoms with E-state index in [-0.39, 0.29) is 31.9 Å². The third-order valence-electron chi connectivity index (χ3n) is 4.98. The van der Waals surface area contributed by atoms with Crippen molar-refractivity contribution in [1.29, 1.82) is 0 Å². The lowest BCUT2D eigenvalue weighted by Crippen LogP contribution is -2.17. The largest absolute Gasteiger partial charge is 0.433 e. The number of sulfonamides is 1. The number of amides is 1. The lowest BCUT2D eigenvalue weighted by atomic mass is 10.0. The zero-order valence-electron chi connectivity index (χ0n) is 19.0. The number of carbonyl (C=O) groups excluding carboxylic acids is 1. The molecule has 0 aliphatic rings. The molecule has 1 amide bonds. The first kappa shape index (κ1) is 27.3. The minimum absolute atomic E-state index is 0.00301. The van der Waals surface area contributed by atoms with Crippen molar-refractivity contribution in [2.75, 3.05) is 5.32 Å². The average Bonchev–Trinajstić information content (AvgIpc) is 3.34. The molecule has 0 aliphatic heterocycles. The second-order valence-electron chi connectivity index (χ2n) is 7.75. The molecule has 0 saturated carbocycles. The van der Waals surface area contributed by atoms with Crippen LogP contribution in [0.15, 0.2) is 34.7 Å². The van der Waals surface area contributed by atoms with Crippen molar-refractivity contribution in [1.82, 2.24) is 19.6 Å². The Kier molecular flexibility index (Phi) is 6.61. The molecule has 0 unspecified atom stereocenters. The topological polar surface area (TPSA) is 142 Å². The molecule has 0 spiro atoms. The molecule has 0 bridgehead atoms. The number of benzene rings is 1. The predicted octanol–water partition coefficient (Wildman–Crippen LogP) is 4.77. The van der Waals surface area contributed by atoms with Crippen LogP contribution in [0.25, 0.3) is 16.9 Å². The average molecular weight is 580 g/mol. The number of hydrogen-bond donors (Lipinski definition) is 2. The second kappa shape index (κ2) is 9.21. The minimum Gasteiger partial charge on any atom is -0.404 e. The summed E-state index contributed by atoms with van der Waals surface area (Å²) >= 11 is 0.519. The molecule has 38 heavy (non-hydrogen) atoms. The van der Waals surface area contributed by atoms with Gasteiger partial charge in [0.15, 0.2) is 26.4 Å². The number of halogens is 6. The number of fused-ring (bicyclic) bond motifs is 1. The van der Waals surface area contributed by atoms with Crippen molar-refractivity contribution >= 4 is 38.2 Å². The Morgan fingerprint density at radius 2 is 1.76 bits per heavy atom. The van der Waals surface area contributed by atoms with Gasteiger partial charge in [-0.2, -0.15) is 31.4 Å². The predicted molar refractivity (Wildman–Crippen MR) is 121 cm³/mol. The van der Waals surface area contributed by atoms with E-state index in [9.17, 15) is 39.6 Å². The quantitative estimate of drug-likeness (QED) is 0.332. The third-order valence-corrected chi connectivity index (χ3v) is 7.61. The summed E-state index contributed by atoms with van der Waals surface area (Å²) in [7, 11) is -4.12. The number of nitrogens with two attached hydrogens (primary N) is 1. The molecule has 3 aromatic heterocycles. The summed E-state index contributed by atoms with van der Waals surface area (Å²) in [5.74, 6) is -0.529. The summed E-state index contributed by atoms with van der Waals surface area (Å²) in [5, 5.41) is 10.5. The molecule has 18 heteroatoms. The SMILES string of the molecule is Cc1cc(-c2cc(C(F)(F)F)n3ncc(OC(=O)Nc4nc(C)c(S(N)(=O)=O)s4)c3n2)ccc1C(F)(F)F. The molecule has 10 nitrogen and oxygen atoms in total. The maximum absolute atomic E-state index is 13.8. The summed E-state index contributed by atoms with van der Waals surface area (Å²) in [6.45, 7) is 2.47. The minimum atomic E-state index is -4.97. The van der Waals surface area contributed by atoms with Crippen LogP contribution in [0.3, 0.4) is 0 Å². The molecule has 0 aliphatic carbocycles. The number of hydrogen-bond acceptors (Lipinski definition) is 8. The number of aryl methyl sites for hydroxylation is 2. The Balaban J connectivity index is 1.73. The lowest BCUT2D eigenvalue weighted by Gasteiger charge is -2.14. The lowest BCUT2D eigenvalue weighted by molar-refractivity contribution is -0.142. The number of thiazole rings is 1. The highest BCUT2D eigenvalue weighted by Crippen LogP contribution is 2.37. The van der Waals surface area contributed by atoms with Crippen LogP contribution in [0.1, 0.15) is 22.5 Å². The molecule has 0 saturated heterocycles. The van der Waals surface area contributed by atoms with Crippen LogP contribution < -0.4 is 15.2 Å². The van der Waals surface area contributed by atoms with E-state index in [2.05, 4.69) is 20.4 Å². The molecule has 202 valence electrons. The zero-order chi connectivity index (χ0) is 28.2. The van der Waals surface area contributed by atoms with Crippen molar-refractivity contribution in [2.45, 2.75) is 30.4 Å². The summed E-state index contributed by atoms with van der Waals surface area (Å²) in [4.78, 5) is 20.2. The zero-order valence-corrected chi connectivity index (χ0v) is 20.6. The van der Waals surface area contributed by atoms with Gasteiger partial charge < -0.3 is 4.74 Å². The number of alkyl halides is 6. The Morgan fingerprint density at radius 1 is 1.08 bits per heavy atom. The summed E-state index contributed by atoms with van der Waals surface area (Å²) in [6, 6.07) is 3.31. The van der Waals surface area contributed by atoms with Crippen LogP contribution in [0.2, 0.25) is 0 Å². The van der Waals surface area contributed by atoms with Gasteiger partial charge >= 0.3 is 18.4 Å². The standard InChI is InChI=1S/C20H14F6N6O4S2/c1-8-5-10(3-4-11(8)19(21,22)23)12-6-14(20(24,25)26)32-15(30-12)13(7-28-32)36-18(33)31-17-29-9(2)16(37-17)38(27,34)35/h3-7H,1-2H3,(H2,27,34,35)(H,29,31,33). The molecule has 0 fully saturated rings. The third kappa shape index (κ3) is 5.41. The van der Waals surface area contributed by atoms with Gasteiger partial charge in [-0.1, -0.05) is 17.4 Å². The number of nitrogens with one attached hydrogen (secondary N) is 1. The number of primary sulfonamides is 1. The van der Waals surface area contributed by atoms with Gasteiger partial charge in [-0.05, 0) is 37.6 Å². The number of ether oxygens (including phenoxy) is 1. The van der Waals surface area contributed by atoms with Crippen LogP contribution in [0, 0.1) is 13.8 Å². The van der Waals surface area contributed by atoms with Crippen LogP contribution in [-0.4, -0.2) is 34.1 Å². The second-order valence-corrected chi connectivity index (χ2v) is 10.5. The van der Waals surface area contributed by atoms with Gasteiger partial charge in [0.05, 0.1) is 23.1 Å². The maximum atomic E-state index is 13.8. The van der Waals surface area contributed by atoms with Crippen molar-refractivity contribution < 1.29 is 44.3 Å². The Bertz CT molecular complexity index is 1680. The first-order chi connectivity index (χ1) is 17.4. The van der Waals surface area contributed by atoms with E-state index in [4.69, 9.17) is 9.88 Å². The van der Waals surface area contributed by atoms with Gasteiger partial charge in [0.25, 0.3) is 0 Å². The number of rotatable bonds is 4. The fourth-order valence-electron chi connectivity index (χ4n) is 3.42. The monoisotopic (exact) mass is 580 g/mol. The number of carbonyl (C=O) groups is 1. The van der Waals surface area contributed by atoms with Gasteiger partial charge in [-0.25, -0.2) is 32.8 Å². The normalized spacial score (nSPS) is 12.7. The molecular weight excluding hydrogens is 566 g/mol. The van der Waals surface area contributed by atoms with E-state index in [1.165, 1.54) is 6.92 Å². The molecule has 1 aromatic carbocycles. The van der Waals surface area contributed by atoms with Crippen LogP contribution in [0.5, 0.6) is 5.75 Å². The fourth-order valence-corrected chi connectivity index (χ4v) is 5.26. The molecule has 0 radical (unpaired) electrons. The Morgan fingerprint density at radius 3 is 2.32 bits per heavy atom. The van der Waals surface area contributed by atoms with E-state index < -0.39 is 51.1 Å². The van der Waals surface area contributed by atoms with Gasteiger partial charge in [0, 0.05) is 5.56 Å². The Hall–Kier alpha value is -3.77. The highest BCUT2D eigenvalue weighted by atomic mass is 32.2. The summed E-state index contributed by atoms with van der Waals surface area (Å²) < 4.78 is 109. The van der Waals surface area contributed by atoms with Crippen molar-refractivity contribution in [3.8, 4) is 17.0 Å². The highest BCUT2D eigenvalue weighted by Gasteiger charge is 2.36. The van der Waals surface area contributed by atoms with Gasteiger partial charge in [-0.15, -0.1) is 0 Å². The van der Waals surface area contributed by atoms with E-state index >= 15 is 0 Å². The highest BCUT2D eigenvalue weighted by molar-refractivity contribution is 7.91. The van der Waals surface area contributed by atoms with Crippen molar-refractivity contribution in [3.63, 3.8) is 0 Å². The number of anilines is 1. The first-order valence-corrected chi connectivity index (χ1v) is 12.4. The fraction of sp³-hybridized carbons (Fsp3) is 0.200. The first-order valence-electron chi connectivity index (χ1n) is 10.1. The van der Waals surface area contributed by atoms with E-state index in [1.807, 2.05) is 0 Å². The van der Waals surface area contributed by atoms with Gasteiger partial charge in [-0.3, -0.25) is 5.32 Å². The van der Waals surface area contributed by atoms with E-state index in [0.717, 1.165) is 31.3 Å². The Labute approximate surface area is 213 Å². The van der Waals surface area contributed by atoms with Crippen LogP contribution in [0.4, 0.5) is 36.3 Å². The number of nitrogens with zero attached hydrogens (tertiary/aromatic N) is 4. The van der Waals surface area contributed by atoms with Crippen molar-refractivity contribution in [2.24, 2.45) is 5.14 Å². The van der Waals surface area contributed by atoms with Crippen LogP contribution in [-0.2, 0) is 22.4 Å². The molecule has 3 heterocycles.